The van der Waals surface area contributed by atoms with Crippen LogP contribution in [0.4, 0.5) is 10.1 Å². The highest BCUT2D eigenvalue weighted by atomic mass is 32.2. The van der Waals surface area contributed by atoms with E-state index in [2.05, 4.69) is 10.3 Å². The van der Waals surface area contributed by atoms with Gasteiger partial charge in [0.15, 0.2) is 0 Å². The minimum Gasteiger partial charge on any atom is -0.497 e. The lowest BCUT2D eigenvalue weighted by molar-refractivity contribution is -0.116. The maximum Gasteiger partial charge on any atom is 0.278 e. The van der Waals surface area contributed by atoms with Crippen LogP contribution >= 0.6 is 11.8 Å². The number of benzene rings is 3. The third kappa shape index (κ3) is 4.57. The van der Waals surface area contributed by atoms with E-state index in [9.17, 15) is 14.0 Å². The maximum absolute atomic E-state index is 14.1. The SMILES string of the molecule is COc1ccc(Cn2cnc3c4cc(F)ccc4n(CC(=O)Nc4cccc(SC)c4)c3c2=O)cc1. The van der Waals surface area contributed by atoms with Gasteiger partial charge in [-0.3, -0.25) is 14.2 Å². The van der Waals surface area contributed by atoms with Gasteiger partial charge in [-0.25, -0.2) is 9.37 Å². The number of nitrogens with zero attached hydrogens (tertiary/aromatic N) is 3. The number of hydrogen-bond acceptors (Lipinski definition) is 5. The molecule has 182 valence electrons. The molecule has 0 aliphatic carbocycles. The zero-order valence-corrected chi connectivity index (χ0v) is 20.5. The van der Waals surface area contributed by atoms with Gasteiger partial charge in [-0.05, 0) is 60.4 Å². The van der Waals surface area contributed by atoms with Crippen molar-refractivity contribution >= 4 is 45.3 Å². The normalized spacial score (nSPS) is 11.2. The summed E-state index contributed by atoms with van der Waals surface area (Å²) in [6.45, 7) is 0.161. The van der Waals surface area contributed by atoms with Crippen molar-refractivity contribution in [2.24, 2.45) is 0 Å². The van der Waals surface area contributed by atoms with Crippen LogP contribution in [0, 0.1) is 5.82 Å². The number of carbonyl (C=O) groups is 1. The summed E-state index contributed by atoms with van der Waals surface area (Å²) < 4.78 is 22.4. The van der Waals surface area contributed by atoms with Crippen molar-refractivity contribution < 1.29 is 13.9 Å². The second-order valence-electron chi connectivity index (χ2n) is 8.25. The predicted octanol–water partition coefficient (Wildman–Crippen LogP) is 4.91. The molecular weight excluding hydrogens is 479 g/mol. The minimum atomic E-state index is -0.441. The van der Waals surface area contributed by atoms with E-state index < -0.39 is 5.82 Å². The molecule has 2 aromatic heterocycles. The number of carbonyl (C=O) groups excluding carboxylic acids is 1. The number of halogens is 1. The smallest absolute Gasteiger partial charge is 0.278 e. The van der Waals surface area contributed by atoms with Crippen molar-refractivity contribution in [2.45, 2.75) is 18.0 Å². The Kier molecular flexibility index (Phi) is 6.47. The van der Waals surface area contributed by atoms with Crippen LogP contribution in [0.25, 0.3) is 21.9 Å². The largest absolute Gasteiger partial charge is 0.497 e. The van der Waals surface area contributed by atoms with E-state index in [-0.39, 0.29) is 30.1 Å². The van der Waals surface area contributed by atoms with Crippen molar-refractivity contribution in [3.63, 3.8) is 0 Å². The molecule has 0 unspecified atom stereocenters. The summed E-state index contributed by atoms with van der Waals surface area (Å²) in [5, 5.41) is 3.37. The summed E-state index contributed by atoms with van der Waals surface area (Å²) in [5.41, 5.74) is 2.40. The Morgan fingerprint density at radius 3 is 2.67 bits per heavy atom. The van der Waals surface area contributed by atoms with Crippen molar-refractivity contribution in [1.82, 2.24) is 14.1 Å². The number of rotatable bonds is 7. The molecule has 0 aliphatic rings. The monoisotopic (exact) mass is 502 g/mol. The Morgan fingerprint density at radius 2 is 1.92 bits per heavy atom. The Balaban J connectivity index is 1.56. The van der Waals surface area contributed by atoms with Gasteiger partial charge in [0, 0.05) is 16.0 Å². The van der Waals surface area contributed by atoms with Crippen LogP contribution in [0.5, 0.6) is 5.75 Å². The van der Waals surface area contributed by atoms with Crippen molar-refractivity contribution in [3.05, 3.63) is 94.8 Å². The predicted molar refractivity (Wildman–Crippen MR) is 140 cm³/mol. The Labute approximate surface area is 210 Å². The zero-order chi connectivity index (χ0) is 25.2. The Bertz CT molecular complexity index is 1640. The fourth-order valence-corrected chi connectivity index (χ4v) is 4.68. The standard InChI is InChI=1S/C27H23FN4O3S/c1-35-20-9-6-17(7-10-20)14-31-16-29-25-22-12-18(28)8-11-23(22)32(26(25)27(31)34)15-24(33)30-19-4-3-5-21(13-19)36-2/h3-13,16H,14-15H2,1-2H3,(H,30,33). The molecule has 3 aromatic carbocycles. The lowest BCUT2D eigenvalue weighted by atomic mass is 10.2. The van der Waals surface area contributed by atoms with Gasteiger partial charge in [0.1, 0.15) is 29.1 Å². The number of anilines is 1. The van der Waals surface area contributed by atoms with E-state index in [0.29, 0.717) is 22.1 Å². The highest BCUT2D eigenvalue weighted by Gasteiger charge is 2.19. The number of fused-ring (bicyclic) bond motifs is 3. The molecule has 9 heteroatoms. The van der Waals surface area contributed by atoms with Gasteiger partial charge < -0.3 is 14.6 Å². The number of methoxy groups -OCH3 is 1. The number of hydrogen-bond donors (Lipinski definition) is 1. The van der Waals surface area contributed by atoms with Gasteiger partial charge in [0.25, 0.3) is 5.56 Å². The van der Waals surface area contributed by atoms with Crippen LogP contribution in [0.1, 0.15) is 5.56 Å². The molecule has 0 saturated heterocycles. The molecule has 36 heavy (non-hydrogen) atoms. The molecule has 0 saturated carbocycles. The summed E-state index contributed by atoms with van der Waals surface area (Å²) in [6, 6.07) is 19.1. The summed E-state index contributed by atoms with van der Waals surface area (Å²) in [6.07, 6.45) is 3.42. The van der Waals surface area contributed by atoms with Crippen LogP contribution in [0.2, 0.25) is 0 Å². The van der Waals surface area contributed by atoms with E-state index in [1.165, 1.54) is 23.0 Å². The van der Waals surface area contributed by atoms with Gasteiger partial charge in [-0.1, -0.05) is 18.2 Å². The van der Waals surface area contributed by atoms with E-state index in [0.717, 1.165) is 16.2 Å². The summed E-state index contributed by atoms with van der Waals surface area (Å²) >= 11 is 1.58. The van der Waals surface area contributed by atoms with Gasteiger partial charge in [-0.2, -0.15) is 0 Å². The van der Waals surface area contributed by atoms with Crippen molar-refractivity contribution in [3.8, 4) is 5.75 Å². The average molecular weight is 503 g/mol. The number of ether oxygens (including phenoxy) is 1. The number of amides is 1. The van der Waals surface area contributed by atoms with E-state index >= 15 is 0 Å². The van der Waals surface area contributed by atoms with Gasteiger partial charge >= 0.3 is 0 Å². The van der Waals surface area contributed by atoms with Crippen LogP contribution in [0.15, 0.2) is 82.7 Å². The van der Waals surface area contributed by atoms with Gasteiger partial charge in [-0.15, -0.1) is 11.8 Å². The first-order valence-electron chi connectivity index (χ1n) is 11.2. The molecule has 0 atom stereocenters. The molecule has 5 aromatic rings. The number of aromatic nitrogens is 3. The Hall–Kier alpha value is -4.11. The molecule has 0 bridgehead atoms. The van der Waals surface area contributed by atoms with Crippen molar-refractivity contribution in [2.75, 3.05) is 18.7 Å². The minimum absolute atomic E-state index is 0.126. The highest BCUT2D eigenvalue weighted by molar-refractivity contribution is 7.98. The molecule has 0 fully saturated rings. The second-order valence-corrected chi connectivity index (χ2v) is 9.13. The molecular formula is C27H23FN4O3S. The lowest BCUT2D eigenvalue weighted by Gasteiger charge is -2.11. The third-order valence-corrected chi connectivity index (χ3v) is 6.68. The van der Waals surface area contributed by atoms with Gasteiger partial charge in [0.2, 0.25) is 5.91 Å². The lowest BCUT2D eigenvalue weighted by Crippen LogP contribution is -2.25. The average Bonchev–Trinajstić information content (AvgIpc) is 3.19. The second kappa shape index (κ2) is 9.87. The fourth-order valence-electron chi connectivity index (χ4n) is 4.22. The van der Waals surface area contributed by atoms with Crippen molar-refractivity contribution in [1.29, 1.82) is 0 Å². The molecule has 0 spiro atoms. The molecule has 2 heterocycles. The Morgan fingerprint density at radius 1 is 1.11 bits per heavy atom. The molecule has 7 nitrogen and oxygen atoms in total. The molecule has 0 aliphatic heterocycles. The first-order valence-corrected chi connectivity index (χ1v) is 12.4. The summed E-state index contributed by atoms with van der Waals surface area (Å²) in [7, 11) is 1.59. The fraction of sp³-hybridized carbons (Fsp3) is 0.148. The number of thioether (sulfide) groups is 1. The van der Waals surface area contributed by atoms with Gasteiger partial charge in [0.05, 0.1) is 25.5 Å². The van der Waals surface area contributed by atoms with Crippen LogP contribution < -0.4 is 15.6 Å². The van der Waals surface area contributed by atoms with E-state index in [4.69, 9.17) is 4.74 Å². The topological polar surface area (TPSA) is 78.2 Å². The van der Waals surface area contributed by atoms with Crippen LogP contribution in [-0.4, -0.2) is 33.4 Å². The van der Waals surface area contributed by atoms with Crippen LogP contribution in [0.3, 0.4) is 0 Å². The quantitative estimate of drug-likeness (QED) is 0.320. The molecule has 5 rings (SSSR count). The first-order chi connectivity index (χ1) is 17.5. The molecule has 1 amide bonds. The highest BCUT2D eigenvalue weighted by Crippen LogP contribution is 2.27. The zero-order valence-electron chi connectivity index (χ0n) is 19.7. The van der Waals surface area contributed by atoms with E-state index in [1.807, 2.05) is 54.8 Å². The summed E-state index contributed by atoms with van der Waals surface area (Å²) in [4.78, 5) is 32.1. The van der Waals surface area contributed by atoms with E-state index in [1.54, 1.807) is 29.5 Å². The number of nitrogens with one attached hydrogen (secondary N) is 1. The van der Waals surface area contributed by atoms with Crippen LogP contribution in [-0.2, 0) is 17.9 Å². The third-order valence-electron chi connectivity index (χ3n) is 5.96. The first kappa shape index (κ1) is 23.6. The maximum atomic E-state index is 14.1. The summed E-state index contributed by atoms with van der Waals surface area (Å²) in [5.74, 6) is -0.0265. The molecule has 0 radical (unpaired) electrons. The molecule has 1 N–H and O–H groups in total.